The molecule has 1 amide bonds. The zero-order valence-electron chi connectivity index (χ0n) is 13.2. The third-order valence-electron chi connectivity index (χ3n) is 5.38. The summed E-state index contributed by atoms with van der Waals surface area (Å²) < 4.78 is 0. The molecule has 6 unspecified atom stereocenters. The maximum absolute atomic E-state index is 12.8. The molecule has 2 bridgehead atoms. The third kappa shape index (κ3) is 2.43. The third-order valence-corrected chi connectivity index (χ3v) is 10.2. The molecule has 0 radical (unpaired) electrons. The fourth-order valence-corrected chi connectivity index (χ4v) is 9.60. The van der Waals surface area contributed by atoms with Crippen LogP contribution in [0.2, 0.25) is 0 Å². The van der Waals surface area contributed by atoms with Crippen molar-refractivity contribution in [2.75, 3.05) is 17.3 Å². The van der Waals surface area contributed by atoms with Crippen LogP contribution in [0.1, 0.15) is 12.8 Å². The van der Waals surface area contributed by atoms with Crippen LogP contribution in [0.25, 0.3) is 0 Å². The van der Waals surface area contributed by atoms with Gasteiger partial charge in [0.2, 0.25) is 5.91 Å². The van der Waals surface area contributed by atoms with E-state index < -0.39 is 28.9 Å². The van der Waals surface area contributed by atoms with E-state index in [1.54, 1.807) is 28.4 Å². The molecule has 3 heterocycles. The van der Waals surface area contributed by atoms with E-state index in [-0.39, 0.29) is 22.1 Å². The monoisotopic (exact) mass is 405 g/mol. The van der Waals surface area contributed by atoms with Crippen molar-refractivity contribution < 1.29 is 24.6 Å². The van der Waals surface area contributed by atoms with Gasteiger partial charge >= 0.3 is 11.9 Å². The van der Waals surface area contributed by atoms with Crippen LogP contribution in [-0.4, -0.2) is 83.3 Å². The fraction of sp³-hybridized carbons (Fsp3) is 0.786. The summed E-state index contributed by atoms with van der Waals surface area (Å²) >= 11 is 4.79. The zero-order valence-corrected chi connectivity index (χ0v) is 15.7. The maximum atomic E-state index is 12.8. The highest BCUT2D eigenvalue weighted by atomic mass is 32.2. The molecule has 4 fully saturated rings. The van der Waals surface area contributed by atoms with Gasteiger partial charge in [0.1, 0.15) is 17.0 Å². The van der Waals surface area contributed by atoms with E-state index in [1.807, 2.05) is 0 Å². The van der Waals surface area contributed by atoms with E-state index in [1.165, 1.54) is 11.8 Å². The summed E-state index contributed by atoms with van der Waals surface area (Å²) in [5, 5.41) is 22.1. The van der Waals surface area contributed by atoms with Gasteiger partial charge in [0.15, 0.2) is 0 Å². The smallest absolute Gasteiger partial charge is 0.327 e. The van der Waals surface area contributed by atoms with Crippen LogP contribution in [0.3, 0.4) is 0 Å². The van der Waals surface area contributed by atoms with Gasteiger partial charge in [-0.05, 0) is 12.8 Å². The molecule has 5 N–H and O–H groups in total. The van der Waals surface area contributed by atoms with Gasteiger partial charge < -0.3 is 20.8 Å². The average Bonchev–Trinajstić information content (AvgIpc) is 3.22. The fourth-order valence-electron chi connectivity index (χ4n) is 4.28. The van der Waals surface area contributed by atoms with Gasteiger partial charge in [0, 0.05) is 22.5 Å². The van der Waals surface area contributed by atoms with Gasteiger partial charge in [-0.15, -0.1) is 23.5 Å². The molecular weight excluding hydrogens is 386 g/mol. The summed E-state index contributed by atoms with van der Waals surface area (Å²) in [6, 6.07) is -2.03. The summed E-state index contributed by atoms with van der Waals surface area (Å²) in [5.41, 5.74) is 5.62. The van der Waals surface area contributed by atoms with Gasteiger partial charge in [-0.3, -0.25) is 14.9 Å². The number of amides is 1. The number of piperazine rings is 1. The Kier molecular flexibility index (Phi) is 4.23. The van der Waals surface area contributed by atoms with Gasteiger partial charge in [0.05, 0.1) is 10.9 Å². The summed E-state index contributed by atoms with van der Waals surface area (Å²) in [5.74, 6) is -0.749. The molecule has 138 valence electrons. The van der Waals surface area contributed by atoms with Crippen LogP contribution in [0.5, 0.6) is 0 Å². The molecule has 3 saturated heterocycles. The number of carbonyl (C=O) groups is 3. The summed E-state index contributed by atoms with van der Waals surface area (Å²) in [7, 11) is 0. The molecule has 0 aromatic carbocycles. The van der Waals surface area contributed by atoms with Crippen LogP contribution in [0, 0.1) is 0 Å². The van der Waals surface area contributed by atoms with Crippen molar-refractivity contribution in [2.24, 2.45) is 5.73 Å². The van der Waals surface area contributed by atoms with E-state index in [9.17, 15) is 19.5 Å². The number of nitrogens with zero attached hydrogens (tertiary/aromatic N) is 1. The molecule has 4 aliphatic rings. The Balaban J connectivity index is 1.61. The summed E-state index contributed by atoms with van der Waals surface area (Å²) in [6.07, 6.45) is 1.42. The molecule has 1 aliphatic carbocycles. The molecule has 11 heteroatoms. The largest absolute Gasteiger partial charge is 0.480 e. The van der Waals surface area contributed by atoms with Gasteiger partial charge in [-0.2, -0.15) is 11.8 Å². The highest BCUT2D eigenvalue weighted by Crippen LogP contribution is 2.65. The number of rotatable bonds is 5. The van der Waals surface area contributed by atoms with Crippen LogP contribution in [-0.2, 0) is 14.4 Å². The Bertz CT molecular complexity index is 651. The number of thioether (sulfide) groups is 3. The number of fused-ring (bicyclic) bond motifs is 1. The molecule has 8 nitrogen and oxygen atoms in total. The molecule has 4 rings (SSSR count). The van der Waals surface area contributed by atoms with Crippen molar-refractivity contribution in [1.82, 2.24) is 10.2 Å². The standard InChI is InChI=1S/C14H19N3O5S3/c15-7(11(19)20)3-23-6-1-13-14(2-6)17(9(5-25-14)12(21)22)10(18)8(16-13)4-24-13/h6-9,16H,1-5,15H2,(H,19,20)(H,21,22). The lowest BCUT2D eigenvalue weighted by molar-refractivity contribution is -0.155. The van der Waals surface area contributed by atoms with E-state index >= 15 is 0 Å². The van der Waals surface area contributed by atoms with Gasteiger partial charge in [0.25, 0.3) is 0 Å². The SMILES string of the molecule is NC(CSC1CC23NC(CS2)C(=O)N2C(C(=O)O)CSC23C1)C(=O)O. The number of nitrogens with one attached hydrogen (secondary N) is 1. The summed E-state index contributed by atoms with van der Waals surface area (Å²) in [6.45, 7) is 0. The van der Waals surface area contributed by atoms with Crippen LogP contribution in [0.15, 0.2) is 0 Å². The number of hydrogen-bond donors (Lipinski definition) is 4. The topological polar surface area (TPSA) is 133 Å². The quantitative estimate of drug-likeness (QED) is 0.471. The second-order valence-electron chi connectivity index (χ2n) is 6.80. The number of aliphatic carboxylic acids is 2. The number of carboxylic acids is 2. The molecule has 2 spiro atoms. The van der Waals surface area contributed by atoms with Crippen LogP contribution < -0.4 is 11.1 Å². The highest BCUT2D eigenvalue weighted by molar-refractivity contribution is 8.05. The van der Waals surface area contributed by atoms with E-state index in [4.69, 9.17) is 10.8 Å². The lowest BCUT2D eigenvalue weighted by Crippen LogP contribution is -2.71. The number of carboxylic acid groups (broad SMARTS) is 2. The predicted molar refractivity (Wildman–Crippen MR) is 96.7 cm³/mol. The minimum Gasteiger partial charge on any atom is -0.480 e. The predicted octanol–water partition coefficient (Wildman–Crippen LogP) is -0.566. The minimum atomic E-state index is -1.02. The van der Waals surface area contributed by atoms with E-state index in [2.05, 4.69) is 5.32 Å². The van der Waals surface area contributed by atoms with Crippen molar-refractivity contribution in [3.63, 3.8) is 0 Å². The average molecular weight is 406 g/mol. The number of carbonyl (C=O) groups excluding carboxylic acids is 1. The molecule has 6 atom stereocenters. The Labute approximate surface area is 157 Å². The maximum Gasteiger partial charge on any atom is 0.327 e. The summed E-state index contributed by atoms with van der Waals surface area (Å²) in [4.78, 5) is 36.2. The lowest BCUT2D eigenvalue weighted by atomic mass is 10.00. The first-order valence-electron chi connectivity index (χ1n) is 8.01. The number of hydrogen-bond acceptors (Lipinski definition) is 8. The number of nitrogens with two attached hydrogens (primary N) is 1. The van der Waals surface area contributed by atoms with Crippen molar-refractivity contribution in [2.45, 2.75) is 46.0 Å². The Hall–Kier alpha value is -0.620. The Morgan fingerprint density at radius 1 is 1.36 bits per heavy atom. The van der Waals surface area contributed by atoms with Crippen molar-refractivity contribution in [1.29, 1.82) is 0 Å². The molecule has 0 aromatic heterocycles. The van der Waals surface area contributed by atoms with Crippen molar-refractivity contribution in [3.8, 4) is 0 Å². The second kappa shape index (κ2) is 5.95. The van der Waals surface area contributed by atoms with E-state index in [0.29, 0.717) is 23.7 Å². The molecular formula is C14H19N3O5S3. The van der Waals surface area contributed by atoms with Crippen LogP contribution >= 0.6 is 35.3 Å². The Morgan fingerprint density at radius 2 is 2.12 bits per heavy atom. The van der Waals surface area contributed by atoms with E-state index in [0.717, 1.165) is 6.42 Å². The minimum absolute atomic E-state index is 0.120. The van der Waals surface area contributed by atoms with Gasteiger partial charge in [-0.1, -0.05) is 0 Å². The zero-order chi connectivity index (χ0) is 18.0. The molecule has 3 aliphatic heterocycles. The first-order chi connectivity index (χ1) is 11.8. The lowest BCUT2D eigenvalue weighted by Gasteiger charge is -2.50. The first kappa shape index (κ1) is 17.8. The van der Waals surface area contributed by atoms with Crippen molar-refractivity contribution in [3.05, 3.63) is 0 Å². The molecule has 0 aromatic rings. The van der Waals surface area contributed by atoms with Crippen molar-refractivity contribution >= 4 is 53.1 Å². The second-order valence-corrected chi connectivity index (χ2v) is 10.8. The molecule has 1 saturated carbocycles. The normalized spacial score (nSPS) is 43.0. The molecule has 25 heavy (non-hydrogen) atoms. The van der Waals surface area contributed by atoms with Crippen LogP contribution in [0.4, 0.5) is 0 Å². The Morgan fingerprint density at radius 3 is 2.80 bits per heavy atom. The highest BCUT2D eigenvalue weighted by Gasteiger charge is 2.73. The first-order valence-corrected chi connectivity index (χ1v) is 11.0. The van der Waals surface area contributed by atoms with Gasteiger partial charge in [-0.25, -0.2) is 4.79 Å².